The molecule has 4 bridgehead atoms. The second kappa shape index (κ2) is 13.4. The van der Waals surface area contributed by atoms with Gasteiger partial charge in [-0.15, -0.1) is 0 Å². The van der Waals surface area contributed by atoms with Crippen LogP contribution >= 0.6 is 0 Å². The maximum Gasteiger partial charge on any atom is 0.120 e. The number of hydrogen-bond acceptors (Lipinski definition) is 4. The van der Waals surface area contributed by atoms with Crippen molar-refractivity contribution >= 4 is 12.6 Å². The van der Waals surface area contributed by atoms with Gasteiger partial charge in [0, 0.05) is 39.3 Å². The largest absolute Gasteiger partial charge is 0.381 e. The van der Waals surface area contributed by atoms with Gasteiger partial charge in [-0.2, -0.15) is 0 Å². The lowest BCUT2D eigenvalue weighted by atomic mass is 9.85. The molecule has 4 heteroatoms. The molecule has 180 valence electrons. The van der Waals surface area contributed by atoms with Gasteiger partial charge in [-0.1, -0.05) is 23.3 Å². The van der Waals surface area contributed by atoms with Gasteiger partial charge >= 0.3 is 0 Å². The highest BCUT2D eigenvalue weighted by atomic mass is 16.5. The van der Waals surface area contributed by atoms with E-state index in [1.54, 1.807) is 11.1 Å². The van der Waals surface area contributed by atoms with Crippen molar-refractivity contribution in [1.29, 1.82) is 0 Å². The predicted molar refractivity (Wildman–Crippen MR) is 128 cm³/mol. The molecule has 6 atom stereocenters. The van der Waals surface area contributed by atoms with Crippen molar-refractivity contribution in [2.24, 2.45) is 35.5 Å². The van der Waals surface area contributed by atoms with Crippen LogP contribution in [0.4, 0.5) is 0 Å². The highest BCUT2D eigenvalue weighted by molar-refractivity contribution is 5.49. The summed E-state index contributed by atoms with van der Waals surface area (Å²) in [4.78, 5) is 20.3. The normalized spacial score (nSPS) is 34.8. The van der Waals surface area contributed by atoms with Crippen molar-refractivity contribution in [3.63, 3.8) is 0 Å². The number of rotatable bonds is 12. The zero-order chi connectivity index (χ0) is 22.8. The first kappa shape index (κ1) is 25.4. The Balaban J connectivity index is 0.000000181. The predicted octanol–water partition coefficient (Wildman–Crippen LogP) is 5.95. The van der Waals surface area contributed by atoms with Gasteiger partial charge in [-0.25, -0.2) is 0 Å². The van der Waals surface area contributed by atoms with Gasteiger partial charge in [0.05, 0.1) is 0 Å². The minimum absolute atomic E-state index is 0.636. The van der Waals surface area contributed by atoms with Gasteiger partial charge in [-0.05, 0) is 101 Å². The standard InChI is InChI=1S/2C14H22O2/c1-2-12-7-11-8-13(14(12)9-11)10-16-6-4-3-5-15;1-2-11-7-13-8-12(11)9-14(13)10-16-6-4-3-5-15/h2,5,11,13-14H,3-4,6-10H2,1H3;2,5,12-14H,3-4,6-10H2,1H3. The van der Waals surface area contributed by atoms with Crippen molar-refractivity contribution in [3.05, 3.63) is 23.3 Å². The van der Waals surface area contributed by atoms with E-state index in [4.69, 9.17) is 9.47 Å². The molecule has 6 unspecified atom stereocenters. The number of ether oxygens (including phenoxy) is 2. The number of aldehydes is 2. The first-order valence-corrected chi connectivity index (χ1v) is 13.0. The molecular weight excluding hydrogens is 400 g/mol. The fraction of sp³-hybridized carbons (Fsp3) is 0.786. The summed E-state index contributed by atoms with van der Waals surface area (Å²) >= 11 is 0. The molecule has 32 heavy (non-hydrogen) atoms. The zero-order valence-corrected chi connectivity index (χ0v) is 20.3. The van der Waals surface area contributed by atoms with Gasteiger partial charge in [0.15, 0.2) is 0 Å². The topological polar surface area (TPSA) is 52.6 Å². The lowest BCUT2D eigenvalue weighted by Gasteiger charge is -2.24. The third kappa shape index (κ3) is 6.87. The molecule has 4 saturated carbocycles. The van der Waals surface area contributed by atoms with Crippen LogP contribution in [-0.2, 0) is 19.1 Å². The zero-order valence-electron chi connectivity index (χ0n) is 20.3. The van der Waals surface area contributed by atoms with E-state index in [1.165, 1.54) is 38.5 Å². The molecule has 0 aromatic rings. The summed E-state index contributed by atoms with van der Waals surface area (Å²) in [6, 6.07) is 0. The molecule has 0 N–H and O–H groups in total. The SMILES string of the molecule is CC=C1CC2CC(COCCCC=O)C1C2.CC=C1CC2CC1CC2COCCCC=O. The maximum absolute atomic E-state index is 10.1. The molecule has 0 amide bonds. The highest BCUT2D eigenvalue weighted by Gasteiger charge is 2.43. The third-order valence-corrected chi connectivity index (χ3v) is 8.28. The Kier molecular flexibility index (Phi) is 10.7. The number of carbonyl (C=O) groups is 2. The molecule has 0 saturated heterocycles. The van der Waals surface area contributed by atoms with Crippen LogP contribution in [0.1, 0.15) is 78.1 Å². The average molecular weight is 445 g/mol. The van der Waals surface area contributed by atoms with E-state index in [0.29, 0.717) is 12.8 Å². The van der Waals surface area contributed by atoms with Crippen LogP contribution in [0.5, 0.6) is 0 Å². The first-order valence-electron chi connectivity index (χ1n) is 13.0. The van der Waals surface area contributed by atoms with E-state index >= 15 is 0 Å². The number of hydrogen-bond donors (Lipinski definition) is 0. The van der Waals surface area contributed by atoms with E-state index in [1.807, 2.05) is 0 Å². The molecule has 4 rings (SSSR count). The molecule has 4 nitrogen and oxygen atoms in total. The monoisotopic (exact) mass is 444 g/mol. The average Bonchev–Trinajstić information content (AvgIpc) is 3.59. The van der Waals surface area contributed by atoms with Crippen molar-refractivity contribution in [2.75, 3.05) is 26.4 Å². The second-order valence-electron chi connectivity index (χ2n) is 10.3. The van der Waals surface area contributed by atoms with E-state index in [-0.39, 0.29) is 0 Å². The van der Waals surface area contributed by atoms with Crippen LogP contribution in [0, 0.1) is 35.5 Å². The van der Waals surface area contributed by atoms with Crippen LogP contribution in [0.15, 0.2) is 23.3 Å². The van der Waals surface area contributed by atoms with E-state index in [2.05, 4.69) is 26.0 Å². The molecule has 0 aromatic carbocycles. The fourth-order valence-electron chi connectivity index (χ4n) is 6.66. The molecular formula is C28H44O4. The fourth-order valence-corrected chi connectivity index (χ4v) is 6.66. The Hall–Kier alpha value is -1.26. The Bertz CT molecular complexity index is 652. The van der Waals surface area contributed by atoms with Crippen LogP contribution in [0.2, 0.25) is 0 Å². The maximum atomic E-state index is 10.1. The van der Waals surface area contributed by atoms with Gasteiger partial charge < -0.3 is 19.1 Å². The summed E-state index contributed by atoms with van der Waals surface area (Å²) < 4.78 is 11.3. The lowest BCUT2D eigenvalue weighted by molar-refractivity contribution is -0.108. The smallest absolute Gasteiger partial charge is 0.120 e. The Morgan fingerprint density at radius 1 is 0.781 bits per heavy atom. The molecule has 4 aliphatic rings. The Labute approximate surface area is 195 Å². The summed E-state index contributed by atoms with van der Waals surface area (Å²) in [6.45, 7) is 7.65. The number of carbonyl (C=O) groups excluding carboxylic acids is 2. The molecule has 0 aliphatic heterocycles. The Morgan fingerprint density at radius 3 is 1.97 bits per heavy atom. The molecule has 0 aromatic heterocycles. The minimum Gasteiger partial charge on any atom is -0.381 e. The van der Waals surface area contributed by atoms with Crippen LogP contribution < -0.4 is 0 Å². The summed E-state index contributed by atoms with van der Waals surface area (Å²) in [5, 5.41) is 0. The minimum atomic E-state index is 0.636. The van der Waals surface area contributed by atoms with E-state index in [0.717, 1.165) is 87.3 Å². The van der Waals surface area contributed by atoms with E-state index in [9.17, 15) is 9.59 Å². The molecule has 0 heterocycles. The molecule has 4 aliphatic carbocycles. The quantitative estimate of drug-likeness (QED) is 0.212. The Morgan fingerprint density at radius 2 is 1.44 bits per heavy atom. The first-order chi connectivity index (χ1) is 15.7. The summed E-state index contributed by atoms with van der Waals surface area (Å²) in [5.41, 5.74) is 3.35. The van der Waals surface area contributed by atoms with Crippen molar-refractivity contribution in [2.45, 2.75) is 78.1 Å². The van der Waals surface area contributed by atoms with Crippen molar-refractivity contribution in [3.8, 4) is 0 Å². The summed E-state index contributed by atoms with van der Waals surface area (Å²) in [5.74, 6) is 5.01. The van der Waals surface area contributed by atoms with Gasteiger partial charge in [-0.3, -0.25) is 0 Å². The van der Waals surface area contributed by atoms with Crippen LogP contribution in [0.3, 0.4) is 0 Å². The molecule has 0 radical (unpaired) electrons. The van der Waals surface area contributed by atoms with Crippen molar-refractivity contribution in [1.82, 2.24) is 0 Å². The van der Waals surface area contributed by atoms with Gasteiger partial charge in [0.2, 0.25) is 0 Å². The molecule has 4 fully saturated rings. The van der Waals surface area contributed by atoms with Crippen LogP contribution in [0.25, 0.3) is 0 Å². The van der Waals surface area contributed by atoms with E-state index < -0.39 is 0 Å². The van der Waals surface area contributed by atoms with Crippen molar-refractivity contribution < 1.29 is 19.1 Å². The lowest BCUT2D eigenvalue weighted by Crippen LogP contribution is -2.19. The second-order valence-corrected chi connectivity index (χ2v) is 10.3. The summed E-state index contributed by atoms with van der Waals surface area (Å²) in [6.07, 6.45) is 17.7. The molecule has 0 spiro atoms. The number of fused-ring (bicyclic) bond motifs is 4. The van der Waals surface area contributed by atoms with Crippen LogP contribution in [-0.4, -0.2) is 39.0 Å². The van der Waals surface area contributed by atoms with Gasteiger partial charge in [0.25, 0.3) is 0 Å². The highest BCUT2D eigenvalue weighted by Crippen LogP contribution is 2.52. The third-order valence-electron chi connectivity index (χ3n) is 8.28. The summed E-state index contributed by atoms with van der Waals surface area (Å²) in [7, 11) is 0. The number of allylic oxidation sites excluding steroid dienone is 4. The number of unbranched alkanes of at least 4 members (excludes halogenated alkanes) is 2. The van der Waals surface area contributed by atoms with Gasteiger partial charge in [0.1, 0.15) is 12.6 Å².